The van der Waals surface area contributed by atoms with Gasteiger partial charge in [-0.25, -0.2) is 4.79 Å². The van der Waals surface area contributed by atoms with Gasteiger partial charge in [0, 0.05) is 38.3 Å². The highest BCUT2D eigenvalue weighted by atomic mass is 16.6. The van der Waals surface area contributed by atoms with Crippen LogP contribution in [0.3, 0.4) is 0 Å². The molecule has 0 aliphatic carbocycles. The van der Waals surface area contributed by atoms with Crippen LogP contribution in [0.4, 0.5) is 10.5 Å². The number of hydrogen-bond donors (Lipinski definition) is 0. The Balaban J connectivity index is 1.56. The van der Waals surface area contributed by atoms with Crippen molar-refractivity contribution in [2.75, 3.05) is 44.2 Å². The Morgan fingerprint density at radius 2 is 1.80 bits per heavy atom. The van der Waals surface area contributed by atoms with Crippen molar-refractivity contribution in [2.24, 2.45) is 0 Å². The minimum atomic E-state index is -0.632. The lowest BCUT2D eigenvalue weighted by Gasteiger charge is -2.36. The number of carbonyl (C=O) groups is 3. The van der Waals surface area contributed by atoms with Crippen molar-refractivity contribution in [1.29, 1.82) is 0 Å². The van der Waals surface area contributed by atoms with E-state index < -0.39 is 12.1 Å². The normalized spacial score (nSPS) is 20.6. The summed E-state index contributed by atoms with van der Waals surface area (Å²) in [4.78, 5) is 41.5. The number of para-hydroxylation sites is 1. The summed E-state index contributed by atoms with van der Waals surface area (Å²) in [6.07, 6.45) is -0.259. The topological polar surface area (TPSA) is 70.2 Å². The minimum absolute atomic E-state index is 0.0422. The zero-order valence-electron chi connectivity index (χ0n) is 14.4. The number of ether oxygens (including phenoxy) is 1. The first-order chi connectivity index (χ1) is 12.1. The van der Waals surface area contributed by atoms with Crippen LogP contribution >= 0.6 is 0 Å². The lowest BCUT2D eigenvalue weighted by atomic mass is 10.1. The predicted molar refractivity (Wildman–Crippen MR) is 92.4 cm³/mol. The fourth-order valence-electron chi connectivity index (χ4n) is 3.23. The standard InChI is InChI=1S/C18H23N3O4/c1-2-16(22)15-13-25-18(24)21(15)12-17(23)20-10-8-19(9-11-20)14-6-4-3-5-7-14/h3-7,15H,2,8-13H2,1H3. The summed E-state index contributed by atoms with van der Waals surface area (Å²) in [5.41, 5.74) is 1.14. The van der Waals surface area contributed by atoms with Crippen LogP contribution in [-0.4, -0.2) is 73.0 Å². The largest absolute Gasteiger partial charge is 0.447 e. The third kappa shape index (κ3) is 3.75. The molecule has 1 aromatic rings. The Kier molecular flexibility index (Phi) is 5.21. The molecule has 134 valence electrons. The van der Waals surface area contributed by atoms with Crippen molar-refractivity contribution < 1.29 is 19.1 Å². The molecule has 0 saturated carbocycles. The number of ketones is 1. The van der Waals surface area contributed by atoms with Crippen LogP contribution in [0.5, 0.6) is 0 Å². The van der Waals surface area contributed by atoms with E-state index in [1.807, 2.05) is 18.2 Å². The number of amides is 2. The summed E-state index contributed by atoms with van der Waals surface area (Å²) in [6, 6.07) is 9.45. The van der Waals surface area contributed by atoms with Gasteiger partial charge in [0.25, 0.3) is 0 Å². The molecule has 0 N–H and O–H groups in total. The van der Waals surface area contributed by atoms with Gasteiger partial charge in [0.15, 0.2) is 5.78 Å². The molecule has 0 radical (unpaired) electrons. The molecule has 0 aromatic heterocycles. The first-order valence-corrected chi connectivity index (χ1v) is 8.64. The van der Waals surface area contributed by atoms with E-state index in [2.05, 4.69) is 17.0 Å². The van der Waals surface area contributed by atoms with E-state index >= 15 is 0 Å². The van der Waals surface area contributed by atoms with E-state index in [9.17, 15) is 14.4 Å². The summed E-state index contributed by atoms with van der Waals surface area (Å²) in [6.45, 7) is 4.39. The number of rotatable bonds is 5. The molecule has 0 spiro atoms. The van der Waals surface area contributed by atoms with Crippen molar-refractivity contribution in [2.45, 2.75) is 19.4 Å². The van der Waals surface area contributed by atoms with Crippen LogP contribution in [0, 0.1) is 0 Å². The third-order valence-electron chi connectivity index (χ3n) is 4.75. The van der Waals surface area contributed by atoms with Crippen molar-refractivity contribution >= 4 is 23.5 Å². The highest BCUT2D eigenvalue weighted by molar-refractivity contribution is 5.92. The first-order valence-electron chi connectivity index (χ1n) is 8.64. The fraction of sp³-hybridized carbons (Fsp3) is 0.500. The SMILES string of the molecule is CCC(=O)C1COC(=O)N1CC(=O)N1CCN(c2ccccc2)CC1. The Labute approximate surface area is 147 Å². The number of Topliss-reactive ketones (excluding diaryl/α,β-unsaturated/α-hetero) is 1. The number of carbonyl (C=O) groups excluding carboxylic acids is 3. The molecular formula is C18H23N3O4. The molecule has 1 atom stereocenters. The second-order valence-electron chi connectivity index (χ2n) is 6.24. The smallest absolute Gasteiger partial charge is 0.411 e. The fourth-order valence-corrected chi connectivity index (χ4v) is 3.23. The molecule has 2 aliphatic heterocycles. The Bertz CT molecular complexity index is 641. The summed E-state index contributed by atoms with van der Waals surface area (Å²) in [5, 5.41) is 0. The second-order valence-corrected chi connectivity index (χ2v) is 6.24. The Hall–Kier alpha value is -2.57. The maximum absolute atomic E-state index is 12.5. The van der Waals surface area contributed by atoms with E-state index in [1.54, 1.807) is 11.8 Å². The van der Waals surface area contributed by atoms with Crippen LogP contribution in [0.25, 0.3) is 0 Å². The molecule has 7 heteroatoms. The predicted octanol–water partition coefficient (Wildman–Crippen LogP) is 1.14. The van der Waals surface area contributed by atoms with Gasteiger partial charge in [0.2, 0.25) is 5.91 Å². The van der Waals surface area contributed by atoms with Crippen LogP contribution in [0.1, 0.15) is 13.3 Å². The second kappa shape index (κ2) is 7.55. The summed E-state index contributed by atoms with van der Waals surface area (Å²) >= 11 is 0. The maximum Gasteiger partial charge on any atom is 0.411 e. The molecule has 25 heavy (non-hydrogen) atoms. The zero-order valence-corrected chi connectivity index (χ0v) is 14.4. The number of anilines is 1. The number of hydrogen-bond acceptors (Lipinski definition) is 5. The van der Waals surface area contributed by atoms with Gasteiger partial charge in [-0.2, -0.15) is 0 Å². The lowest BCUT2D eigenvalue weighted by Crippen LogP contribution is -2.53. The first kappa shape index (κ1) is 17.3. The van der Waals surface area contributed by atoms with E-state index in [0.29, 0.717) is 19.5 Å². The van der Waals surface area contributed by atoms with Crippen LogP contribution in [0.15, 0.2) is 30.3 Å². The van der Waals surface area contributed by atoms with Gasteiger partial charge in [0.05, 0.1) is 0 Å². The van der Waals surface area contributed by atoms with Crippen molar-refractivity contribution in [3.05, 3.63) is 30.3 Å². The van der Waals surface area contributed by atoms with Gasteiger partial charge in [0.1, 0.15) is 19.2 Å². The molecule has 3 rings (SSSR count). The number of nitrogens with zero attached hydrogens (tertiary/aromatic N) is 3. The van der Waals surface area contributed by atoms with Crippen molar-refractivity contribution in [3.8, 4) is 0 Å². The highest BCUT2D eigenvalue weighted by Crippen LogP contribution is 2.17. The Morgan fingerprint density at radius 3 is 2.44 bits per heavy atom. The van der Waals surface area contributed by atoms with E-state index in [4.69, 9.17) is 4.74 Å². The maximum atomic E-state index is 12.5. The Morgan fingerprint density at radius 1 is 1.12 bits per heavy atom. The lowest BCUT2D eigenvalue weighted by molar-refractivity contribution is -0.133. The van der Waals surface area contributed by atoms with Crippen molar-refractivity contribution in [1.82, 2.24) is 9.80 Å². The van der Waals surface area contributed by atoms with Crippen LogP contribution in [0.2, 0.25) is 0 Å². The summed E-state index contributed by atoms with van der Waals surface area (Å²) in [5.74, 6) is -0.215. The summed E-state index contributed by atoms with van der Waals surface area (Å²) in [7, 11) is 0. The van der Waals surface area contributed by atoms with Crippen molar-refractivity contribution in [3.63, 3.8) is 0 Å². The molecule has 0 bridgehead atoms. The molecule has 2 fully saturated rings. The van der Waals surface area contributed by atoms with E-state index in [-0.39, 0.29) is 24.8 Å². The molecule has 7 nitrogen and oxygen atoms in total. The minimum Gasteiger partial charge on any atom is -0.447 e. The van der Waals surface area contributed by atoms with Gasteiger partial charge >= 0.3 is 6.09 Å². The van der Waals surface area contributed by atoms with E-state index in [1.165, 1.54) is 4.90 Å². The van der Waals surface area contributed by atoms with Crippen LogP contribution in [-0.2, 0) is 14.3 Å². The monoisotopic (exact) mass is 345 g/mol. The van der Waals surface area contributed by atoms with Crippen LogP contribution < -0.4 is 4.90 Å². The molecule has 2 saturated heterocycles. The average molecular weight is 345 g/mol. The molecule has 1 unspecified atom stereocenters. The zero-order chi connectivity index (χ0) is 17.8. The molecule has 1 aromatic carbocycles. The van der Waals surface area contributed by atoms with Gasteiger partial charge in [-0.15, -0.1) is 0 Å². The average Bonchev–Trinajstić information content (AvgIpc) is 3.02. The molecule has 2 heterocycles. The van der Waals surface area contributed by atoms with Gasteiger partial charge < -0.3 is 14.5 Å². The molecular weight excluding hydrogens is 322 g/mol. The molecule has 2 amide bonds. The van der Waals surface area contributed by atoms with Gasteiger partial charge in [-0.05, 0) is 12.1 Å². The quantitative estimate of drug-likeness (QED) is 0.800. The summed E-state index contributed by atoms with van der Waals surface area (Å²) < 4.78 is 4.95. The number of piperazine rings is 1. The third-order valence-corrected chi connectivity index (χ3v) is 4.75. The van der Waals surface area contributed by atoms with Gasteiger partial charge in [-0.1, -0.05) is 25.1 Å². The van der Waals surface area contributed by atoms with Gasteiger partial charge in [-0.3, -0.25) is 14.5 Å². The highest BCUT2D eigenvalue weighted by Gasteiger charge is 2.39. The molecule has 2 aliphatic rings. The number of cyclic esters (lactones) is 1. The van der Waals surface area contributed by atoms with E-state index in [0.717, 1.165) is 18.8 Å². The number of benzene rings is 1.